The van der Waals surface area contributed by atoms with Crippen LogP contribution in [0.1, 0.15) is 10.6 Å². The lowest BCUT2D eigenvalue weighted by Gasteiger charge is -2.09. The highest BCUT2D eigenvalue weighted by atomic mass is 32.1. The van der Waals surface area contributed by atoms with E-state index in [0.29, 0.717) is 0 Å². The van der Waals surface area contributed by atoms with Gasteiger partial charge < -0.3 is 11.1 Å². The van der Waals surface area contributed by atoms with E-state index in [2.05, 4.69) is 34.6 Å². The Balaban J connectivity index is 1.63. The third kappa shape index (κ3) is 2.98. The Kier molecular flexibility index (Phi) is 3.95. The van der Waals surface area contributed by atoms with Crippen molar-refractivity contribution in [2.45, 2.75) is 13.0 Å². The van der Waals surface area contributed by atoms with Crippen molar-refractivity contribution in [2.75, 3.05) is 12.3 Å². The topological polar surface area (TPSA) is 50.9 Å². The number of anilines is 1. The summed E-state index contributed by atoms with van der Waals surface area (Å²) in [6, 6.07) is 12.5. The average molecular weight is 283 g/mol. The van der Waals surface area contributed by atoms with Crippen LogP contribution in [0.4, 0.5) is 5.69 Å². The standard InChI is InChI=1S/C16H17N3S/c17-15-10-13-4-2-1-3-12(13)9-14(15)11-18-6-5-16-19-7-8-20-16/h1-4,7-10,18H,5-6,11,17H2. The first-order valence-corrected chi connectivity index (χ1v) is 7.57. The van der Waals surface area contributed by atoms with Crippen LogP contribution in [0.5, 0.6) is 0 Å². The number of hydrogen-bond donors (Lipinski definition) is 2. The van der Waals surface area contributed by atoms with Crippen LogP contribution in [0.15, 0.2) is 48.0 Å². The van der Waals surface area contributed by atoms with Gasteiger partial charge >= 0.3 is 0 Å². The molecule has 3 nitrogen and oxygen atoms in total. The van der Waals surface area contributed by atoms with Gasteiger partial charge in [-0.3, -0.25) is 0 Å². The SMILES string of the molecule is Nc1cc2ccccc2cc1CNCCc1nccs1. The minimum Gasteiger partial charge on any atom is -0.398 e. The van der Waals surface area contributed by atoms with Gasteiger partial charge in [0.15, 0.2) is 0 Å². The van der Waals surface area contributed by atoms with E-state index >= 15 is 0 Å². The number of nitrogen functional groups attached to an aromatic ring is 1. The Morgan fingerprint density at radius 2 is 1.95 bits per heavy atom. The molecule has 0 saturated heterocycles. The zero-order valence-corrected chi connectivity index (χ0v) is 12.0. The lowest BCUT2D eigenvalue weighted by atomic mass is 10.1. The van der Waals surface area contributed by atoms with Crippen LogP contribution in [0.2, 0.25) is 0 Å². The zero-order chi connectivity index (χ0) is 13.8. The molecule has 102 valence electrons. The molecule has 1 heterocycles. The van der Waals surface area contributed by atoms with Crippen LogP contribution >= 0.6 is 11.3 Å². The molecule has 0 saturated carbocycles. The van der Waals surface area contributed by atoms with Gasteiger partial charge in [-0.15, -0.1) is 11.3 Å². The Labute approximate surface area is 122 Å². The predicted octanol–water partition coefficient (Wildman–Crippen LogP) is 3.21. The second kappa shape index (κ2) is 6.03. The number of thiazole rings is 1. The summed E-state index contributed by atoms with van der Waals surface area (Å²) in [7, 11) is 0. The second-order valence-corrected chi connectivity index (χ2v) is 5.73. The minimum absolute atomic E-state index is 0.794. The Morgan fingerprint density at radius 3 is 2.70 bits per heavy atom. The number of nitrogens with zero attached hydrogens (tertiary/aromatic N) is 1. The molecule has 3 rings (SSSR count). The van der Waals surface area contributed by atoms with Crippen LogP contribution in [0.25, 0.3) is 10.8 Å². The molecule has 0 fully saturated rings. The largest absolute Gasteiger partial charge is 0.398 e. The quantitative estimate of drug-likeness (QED) is 0.558. The van der Waals surface area contributed by atoms with Gasteiger partial charge in [0, 0.05) is 36.8 Å². The molecular weight excluding hydrogens is 266 g/mol. The molecule has 0 spiro atoms. The molecule has 3 N–H and O–H groups in total. The molecule has 3 aromatic rings. The van der Waals surface area contributed by atoms with Crippen LogP contribution in [0.3, 0.4) is 0 Å². The molecule has 2 aromatic carbocycles. The zero-order valence-electron chi connectivity index (χ0n) is 11.2. The lowest BCUT2D eigenvalue weighted by Crippen LogP contribution is -2.17. The molecule has 0 radical (unpaired) electrons. The van der Waals surface area contributed by atoms with Gasteiger partial charge in [0.2, 0.25) is 0 Å². The molecule has 0 aliphatic heterocycles. The van der Waals surface area contributed by atoms with Gasteiger partial charge in [-0.05, 0) is 28.5 Å². The van der Waals surface area contributed by atoms with Crippen molar-refractivity contribution in [2.24, 2.45) is 0 Å². The third-order valence-corrected chi connectivity index (χ3v) is 4.16. The number of hydrogen-bond acceptors (Lipinski definition) is 4. The lowest BCUT2D eigenvalue weighted by molar-refractivity contribution is 0.687. The summed E-state index contributed by atoms with van der Waals surface area (Å²) in [6.45, 7) is 1.71. The van der Waals surface area contributed by atoms with E-state index in [1.165, 1.54) is 15.8 Å². The second-order valence-electron chi connectivity index (χ2n) is 4.75. The van der Waals surface area contributed by atoms with Crippen molar-refractivity contribution in [3.05, 3.63) is 58.5 Å². The summed E-state index contributed by atoms with van der Waals surface area (Å²) in [5.41, 5.74) is 8.12. The van der Waals surface area contributed by atoms with Gasteiger partial charge in [0.1, 0.15) is 0 Å². The fourth-order valence-electron chi connectivity index (χ4n) is 2.25. The fraction of sp³-hybridized carbons (Fsp3) is 0.188. The first kappa shape index (κ1) is 13.1. The van der Waals surface area contributed by atoms with Crippen molar-refractivity contribution in [1.82, 2.24) is 10.3 Å². The molecule has 0 atom stereocenters. The Bertz CT molecular complexity index is 692. The molecule has 0 aliphatic carbocycles. The van der Waals surface area contributed by atoms with Crippen LogP contribution in [0, 0.1) is 0 Å². The number of nitrogens with two attached hydrogens (primary N) is 1. The summed E-state index contributed by atoms with van der Waals surface area (Å²) < 4.78 is 0. The molecule has 1 aromatic heterocycles. The van der Waals surface area contributed by atoms with Gasteiger partial charge in [-0.1, -0.05) is 24.3 Å². The highest BCUT2D eigenvalue weighted by molar-refractivity contribution is 7.09. The maximum absolute atomic E-state index is 6.11. The summed E-state index contributed by atoms with van der Waals surface area (Å²) in [5.74, 6) is 0. The Morgan fingerprint density at radius 1 is 1.15 bits per heavy atom. The number of fused-ring (bicyclic) bond motifs is 1. The number of rotatable bonds is 5. The first-order valence-electron chi connectivity index (χ1n) is 6.69. The molecule has 4 heteroatoms. The van der Waals surface area contributed by atoms with Gasteiger partial charge in [0.25, 0.3) is 0 Å². The van der Waals surface area contributed by atoms with Crippen molar-refractivity contribution < 1.29 is 0 Å². The van der Waals surface area contributed by atoms with E-state index in [4.69, 9.17) is 5.73 Å². The maximum Gasteiger partial charge on any atom is 0.0937 e. The van der Waals surface area contributed by atoms with E-state index < -0.39 is 0 Å². The maximum atomic E-state index is 6.11. The smallest absolute Gasteiger partial charge is 0.0937 e. The van der Waals surface area contributed by atoms with Crippen LogP contribution in [-0.4, -0.2) is 11.5 Å². The molecular formula is C16H17N3S. The van der Waals surface area contributed by atoms with Crippen molar-refractivity contribution >= 4 is 27.8 Å². The van der Waals surface area contributed by atoms with E-state index in [9.17, 15) is 0 Å². The van der Waals surface area contributed by atoms with Gasteiger partial charge in [-0.25, -0.2) is 4.98 Å². The molecule has 0 bridgehead atoms. The first-order chi connectivity index (χ1) is 9.83. The number of nitrogens with one attached hydrogen (secondary N) is 1. The van der Waals surface area contributed by atoms with Crippen molar-refractivity contribution in [1.29, 1.82) is 0 Å². The van der Waals surface area contributed by atoms with Crippen molar-refractivity contribution in [3.63, 3.8) is 0 Å². The fourth-order valence-corrected chi connectivity index (χ4v) is 2.87. The van der Waals surface area contributed by atoms with E-state index in [-0.39, 0.29) is 0 Å². The average Bonchev–Trinajstić information content (AvgIpc) is 2.97. The van der Waals surface area contributed by atoms with Gasteiger partial charge in [-0.2, -0.15) is 0 Å². The van der Waals surface area contributed by atoms with E-state index in [0.717, 1.165) is 30.8 Å². The number of benzene rings is 2. The summed E-state index contributed by atoms with van der Waals surface area (Å²) in [5, 5.41) is 9.04. The van der Waals surface area contributed by atoms with E-state index in [1.807, 2.05) is 23.7 Å². The van der Waals surface area contributed by atoms with E-state index in [1.54, 1.807) is 11.3 Å². The molecule has 0 amide bonds. The normalized spacial score (nSPS) is 11.0. The third-order valence-electron chi connectivity index (χ3n) is 3.32. The van der Waals surface area contributed by atoms with Crippen LogP contribution in [-0.2, 0) is 13.0 Å². The molecule has 0 unspecified atom stereocenters. The van der Waals surface area contributed by atoms with Crippen LogP contribution < -0.4 is 11.1 Å². The highest BCUT2D eigenvalue weighted by Crippen LogP contribution is 2.21. The minimum atomic E-state index is 0.794. The predicted molar refractivity (Wildman–Crippen MR) is 85.9 cm³/mol. The number of aromatic nitrogens is 1. The summed E-state index contributed by atoms with van der Waals surface area (Å²) in [4.78, 5) is 4.27. The molecule has 0 aliphatic rings. The summed E-state index contributed by atoms with van der Waals surface area (Å²) >= 11 is 1.70. The van der Waals surface area contributed by atoms with Crippen molar-refractivity contribution in [3.8, 4) is 0 Å². The highest BCUT2D eigenvalue weighted by Gasteiger charge is 2.02. The summed E-state index contributed by atoms with van der Waals surface area (Å²) in [6.07, 6.45) is 2.81. The van der Waals surface area contributed by atoms with Gasteiger partial charge in [0.05, 0.1) is 5.01 Å². The molecule has 20 heavy (non-hydrogen) atoms. The monoisotopic (exact) mass is 283 g/mol. The Hall–Kier alpha value is -1.91.